The molecule has 70 valence electrons. The van der Waals surface area contributed by atoms with E-state index in [0.717, 1.165) is 6.42 Å². The van der Waals surface area contributed by atoms with Crippen molar-refractivity contribution in [2.24, 2.45) is 5.73 Å². The maximum absolute atomic E-state index is 5.81. The Bertz CT molecular complexity index is 266. The van der Waals surface area contributed by atoms with E-state index < -0.39 is 0 Å². The molecule has 2 N–H and O–H groups in total. The Morgan fingerprint density at radius 3 is 2.62 bits per heavy atom. The van der Waals surface area contributed by atoms with Crippen LogP contribution >= 0.6 is 0 Å². The first-order valence-electron chi connectivity index (χ1n) is 4.47. The highest BCUT2D eigenvalue weighted by atomic mass is 16.7. The summed E-state index contributed by atoms with van der Waals surface area (Å²) in [4.78, 5) is 5.57. The van der Waals surface area contributed by atoms with Crippen LogP contribution in [0.1, 0.15) is 18.1 Å². The number of hydroxylamine groups is 2. The van der Waals surface area contributed by atoms with Gasteiger partial charge in [0.25, 0.3) is 0 Å². The number of nitrogens with two attached hydrogens (primary N) is 1. The second-order valence-electron chi connectivity index (χ2n) is 3.35. The second kappa shape index (κ2) is 3.46. The fourth-order valence-electron chi connectivity index (χ4n) is 1.55. The molecule has 2 atom stereocenters. The van der Waals surface area contributed by atoms with Crippen LogP contribution in [0.4, 0.5) is 0 Å². The molecule has 0 unspecified atom stereocenters. The summed E-state index contributed by atoms with van der Waals surface area (Å²) in [7, 11) is 1.87. The van der Waals surface area contributed by atoms with E-state index in [2.05, 4.69) is 12.1 Å². The minimum absolute atomic E-state index is 0.0187. The van der Waals surface area contributed by atoms with Crippen LogP contribution in [-0.4, -0.2) is 18.3 Å². The minimum atomic E-state index is 0.0187. The third kappa shape index (κ3) is 1.72. The summed E-state index contributed by atoms with van der Waals surface area (Å²) in [5.41, 5.74) is 7.00. The third-order valence-electron chi connectivity index (χ3n) is 2.39. The van der Waals surface area contributed by atoms with Gasteiger partial charge in [0.1, 0.15) is 6.10 Å². The van der Waals surface area contributed by atoms with Crippen LogP contribution in [0.5, 0.6) is 0 Å². The van der Waals surface area contributed by atoms with E-state index in [1.165, 1.54) is 5.56 Å². The molecule has 1 heterocycles. The monoisotopic (exact) mass is 178 g/mol. The number of hydrogen-bond acceptors (Lipinski definition) is 3. The quantitative estimate of drug-likeness (QED) is 0.704. The van der Waals surface area contributed by atoms with Gasteiger partial charge >= 0.3 is 0 Å². The zero-order chi connectivity index (χ0) is 9.26. The van der Waals surface area contributed by atoms with Crippen molar-refractivity contribution in [3.63, 3.8) is 0 Å². The lowest BCUT2D eigenvalue weighted by atomic mass is 10.1. The van der Waals surface area contributed by atoms with Gasteiger partial charge in [0.15, 0.2) is 0 Å². The van der Waals surface area contributed by atoms with Crippen molar-refractivity contribution >= 4 is 0 Å². The highest BCUT2D eigenvalue weighted by molar-refractivity contribution is 5.18. The van der Waals surface area contributed by atoms with Crippen molar-refractivity contribution < 1.29 is 4.84 Å². The van der Waals surface area contributed by atoms with Gasteiger partial charge in [-0.25, -0.2) is 0 Å². The number of nitrogens with zero attached hydrogens (tertiary/aromatic N) is 1. The van der Waals surface area contributed by atoms with Crippen LogP contribution in [0.25, 0.3) is 0 Å². The Hall–Kier alpha value is -0.900. The van der Waals surface area contributed by atoms with Gasteiger partial charge in [-0.15, -0.1) is 0 Å². The Morgan fingerprint density at radius 2 is 2.08 bits per heavy atom. The Labute approximate surface area is 78.1 Å². The van der Waals surface area contributed by atoms with E-state index in [0.29, 0.717) is 0 Å². The highest BCUT2D eigenvalue weighted by Crippen LogP contribution is 2.29. The molecule has 1 aliphatic rings. The van der Waals surface area contributed by atoms with Crippen LogP contribution in [0.15, 0.2) is 30.3 Å². The topological polar surface area (TPSA) is 38.5 Å². The van der Waals surface area contributed by atoms with Crippen molar-refractivity contribution in [3.8, 4) is 0 Å². The first kappa shape index (κ1) is 8.69. The van der Waals surface area contributed by atoms with Gasteiger partial charge in [0.2, 0.25) is 0 Å². The zero-order valence-corrected chi connectivity index (χ0v) is 7.68. The van der Waals surface area contributed by atoms with Gasteiger partial charge < -0.3 is 5.73 Å². The summed E-state index contributed by atoms with van der Waals surface area (Å²) in [6.07, 6.45) is 1.01. The minimum Gasteiger partial charge on any atom is -0.314 e. The van der Waals surface area contributed by atoms with Crippen molar-refractivity contribution in [3.05, 3.63) is 35.9 Å². The summed E-state index contributed by atoms with van der Waals surface area (Å²) >= 11 is 0. The van der Waals surface area contributed by atoms with Crippen LogP contribution in [-0.2, 0) is 4.84 Å². The van der Waals surface area contributed by atoms with Gasteiger partial charge in [-0.1, -0.05) is 30.3 Å². The molecule has 2 rings (SSSR count). The highest BCUT2D eigenvalue weighted by Gasteiger charge is 2.28. The molecule has 0 bridgehead atoms. The molecule has 3 heteroatoms. The molecule has 1 aromatic carbocycles. The molecule has 3 nitrogen and oxygen atoms in total. The average Bonchev–Trinajstić information content (AvgIpc) is 2.49. The van der Waals surface area contributed by atoms with Gasteiger partial charge in [0.05, 0.1) is 6.17 Å². The predicted octanol–water partition coefficient (Wildman–Crippen LogP) is 1.28. The fourth-order valence-corrected chi connectivity index (χ4v) is 1.55. The number of benzene rings is 1. The lowest BCUT2D eigenvalue weighted by Gasteiger charge is -2.12. The average molecular weight is 178 g/mol. The van der Waals surface area contributed by atoms with Crippen LogP contribution in [0.3, 0.4) is 0 Å². The van der Waals surface area contributed by atoms with Crippen molar-refractivity contribution in [2.45, 2.75) is 18.7 Å². The van der Waals surface area contributed by atoms with E-state index in [4.69, 9.17) is 10.6 Å². The van der Waals surface area contributed by atoms with Crippen molar-refractivity contribution in [1.29, 1.82) is 0 Å². The Kier molecular flexibility index (Phi) is 2.31. The van der Waals surface area contributed by atoms with Gasteiger partial charge in [-0.05, 0) is 5.56 Å². The molecule has 0 saturated carbocycles. The van der Waals surface area contributed by atoms with Crippen LogP contribution in [0, 0.1) is 0 Å². The molecule has 0 amide bonds. The standard InChI is InChI=1S/C10H14N2O/c1-12-10(11)7-9(13-12)8-5-3-2-4-6-8/h2-6,9-10H,7,11H2,1H3/t9-,10-/m1/s1. The van der Waals surface area contributed by atoms with Crippen LogP contribution < -0.4 is 5.73 Å². The Balaban J connectivity index is 2.12. The summed E-state index contributed by atoms with van der Waals surface area (Å²) in [6.45, 7) is 0. The number of hydrogen-bond donors (Lipinski definition) is 1. The second-order valence-corrected chi connectivity index (χ2v) is 3.35. The lowest BCUT2D eigenvalue weighted by Crippen LogP contribution is -2.31. The zero-order valence-electron chi connectivity index (χ0n) is 7.68. The normalized spacial score (nSPS) is 29.4. The van der Waals surface area contributed by atoms with E-state index in [1.54, 1.807) is 5.06 Å². The van der Waals surface area contributed by atoms with E-state index in [-0.39, 0.29) is 12.3 Å². The van der Waals surface area contributed by atoms with E-state index >= 15 is 0 Å². The van der Waals surface area contributed by atoms with E-state index in [9.17, 15) is 0 Å². The lowest BCUT2D eigenvalue weighted by molar-refractivity contribution is -0.144. The Morgan fingerprint density at radius 1 is 1.38 bits per heavy atom. The smallest absolute Gasteiger partial charge is 0.107 e. The van der Waals surface area contributed by atoms with Crippen LogP contribution in [0.2, 0.25) is 0 Å². The largest absolute Gasteiger partial charge is 0.314 e. The molecule has 0 aromatic heterocycles. The molecule has 0 spiro atoms. The summed E-state index contributed by atoms with van der Waals surface area (Å²) in [5, 5.41) is 1.72. The maximum atomic E-state index is 5.81. The molecular weight excluding hydrogens is 164 g/mol. The fraction of sp³-hybridized carbons (Fsp3) is 0.400. The summed E-state index contributed by atoms with van der Waals surface area (Å²) < 4.78 is 0. The molecule has 1 aliphatic heterocycles. The predicted molar refractivity (Wildman–Crippen MR) is 50.6 cm³/mol. The molecule has 1 aromatic rings. The molecule has 1 saturated heterocycles. The molecule has 1 fully saturated rings. The first-order valence-corrected chi connectivity index (χ1v) is 4.47. The third-order valence-corrected chi connectivity index (χ3v) is 2.39. The molecule has 0 aliphatic carbocycles. The first-order chi connectivity index (χ1) is 6.27. The number of rotatable bonds is 1. The summed E-state index contributed by atoms with van der Waals surface area (Å²) in [5.74, 6) is 0. The van der Waals surface area contributed by atoms with Crippen molar-refractivity contribution in [2.75, 3.05) is 7.05 Å². The molecular formula is C10H14N2O. The van der Waals surface area contributed by atoms with Gasteiger partial charge in [-0.3, -0.25) is 4.84 Å². The van der Waals surface area contributed by atoms with Gasteiger partial charge in [-0.2, -0.15) is 5.06 Å². The maximum Gasteiger partial charge on any atom is 0.107 e. The molecule has 13 heavy (non-hydrogen) atoms. The van der Waals surface area contributed by atoms with E-state index in [1.807, 2.05) is 25.2 Å². The molecule has 0 radical (unpaired) electrons. The van der Waals surface area contributed by atoms with Crippen molar-refractivity contribution in [1.82, 2.24) is 5.06 Å². The summed E-state index contributed by atoms with van der Waals surface area (Å²) in [6, 6.07) is 10.2. The van der Waals surface area contributed by atoms with Gasteiger partial charge in [0, 0.05) is 13.5 Å². The SMILES string of the molecule is CN1O[C@@H](c2ccccc2)C[C@@H]1N.